The largest absolute Gasteiger partial charge is 0.496 e. The molecule has 0 bridgehead atoms. The lowest BCUT2D eigenvalue weighted by atomic mass is 10.1. The second kappa shape index (κ2) is 11.1. The van der Waals surface area contributed by atoms with Crippen LogP contribution < -0.4 is 20.3 Å². The Morgan fingerprint density at radius 1 is 1.07 bits per heavy atom. The molecule has 0 aliphatic carbocycles. The number of likely N-dealkylation sites (N-methyl/N-ethyl adjacent to an activating group) is 1. The second-order valence-corrected chi connectivity index (χ2v) is 7.80. The van der Waals surface area contributed by atoms with Crippen LogP contribution in [0.25, 0.3) is 0 Å². The number of benzene rings is 2. The number of piperazine rings is 1. The van der Waals surface area contributed by atoms with E-state index >= 15 is 0 Å². The van der Waals surface area contributed by atoms with Gasteiger partial charge >= 0.3 is 0 Å². The molecule has 0 radical (unpaired) electrons. The highest BCUT2D eigenvalue weighted by atomic mass is 35.5. The summed E-state index contributed by atoms with van der Waals surface area (Å²) in [6.45, 7) is 8.12. The van der Waals surface area contributed by atoms with Crippen molar-refractivity contribution in [2.75, 3.05) is 51.8 Å². The topological polar surface area (TPSA) is 52.1 Å². The number of guanidine groups is 1. The molecule has 0 aromatic heterocycles. The van der Waals surface area contributed by atoms with Crippen LogP contribution in [-0.2, 0) is 13.1 Å². The number of hydrogen-bond acceptors (Lipinski definition) is 4. The van der Waals surface area contributed by atoms with Crippen molar-refractivity contribution in [1.29, 1.82) is 0 Å². The quantitative estimate of drug-likeness (QED) is 0.522. The third-order valence-electron chi connectivity index (χ3n) is 5.31. The number of aliphatic imine (C=N–C) groups is 1. The lowest BCUT2D eigenvalue weighted by molar-refractivity contribution is 0.312. The van der Waals surface area contributed by atoms with Gasteiger partial charge in [-0.05, 0) is 32.2 Å². The smallest absolute Gasteiger partial charge is 0.191 e. The molecule has 0 unspecified atom stereocenters. The van der Waals surface area contributed by atoms with Crippen LogP contribution in [0.5, 0.6) is 5.75 Å². The molecule has 1 saturated heterocycles. The summed E-state index contributed by atoms with van der Waals surface area (Å²) in [7, 11) is 3.85. The summed E-state index contributed by atoms with van der Waals surface area (Å²) in [6.07, 6.45) is 0. The maximum atomic E-state index is 6.60. The predicted molar refractivity (Wildman–Crippen MR) is 126 cm³/mol. The maximum absolute atomic E-state index is 6.60. The van der Waals surface area contributed by atoms with Gasteiger partial charge in [0.2, 0.25) is 0 Å². The van der Waals surface area contributed by atoms with Crippen LogP contribution in [-0.4, -0.2) is 57.7 Å². The Hall–Kier alpha value is -2.44. The van der Waals surface area contributed by atoms with Crippen molar-refractivity contribution in [3.8, 4) is 5.75 Å². The summed E-state index contributed by atoms with van der Waals surface area (Å²) in [4.78, 5) is 9.51. The van der Waals surface area contributed by atoms with Crippen molar-refractivity contribution < 1.29 is 4.74 Å². The lowest BCUT2D eigenvalue weighted by Gasteiger charge is -2.35. The highest BCUT2D eigenvalue weighted by Crippen LogP contribution is 2.28. The van der Waals surface area contributed by atoms with Crippen molar-refractivity contribution in [1.82, 2.24) is 15.5 Å². The number of halogens is 1. The van der Waals surface area contributed by atoms with E-state index in [9.17, 15) is 0 Å². The van der Waals surface area contributed by atoms with E-state index < -0.39 is 0 Å². The maximum Gasteiger partial charge on any atom is 0.191 e. The molecular formula is C23H32ClN5O. The molecule has 0 amide bonds. The van der Waals surface area contributed by atoms with Crippen LogP contribution in [0.4, 0.5) is 5.69 Å². The Morgan fingerprint density at radius 2 is 1.83 bits per heavy atom. The van der Waals surface area contributed by atoms with Gasteiger partial charge in [-0.2, -0.15) is 0 Å². The molecule has 6 nitrogen and oxygen atoms in total. The van der Waals surface area contributed by atoms with Crippen molar-refractivity contribution in [3.05, 3.63) is 58.6 Å². The minimum atomic E-state index is 0.535. The van der Waals surface area contributed by atoms with Gasteiger partial charge in [-0.3, -0.25) is 0 Å². The van der Waals surface area contributed by atoms with Crippen LogP contribution in [0.1, 0.15) is 18.1 Å². The number of nitrogens with zero attached hydrogens (tertiary/aromatic N) is 3. The van der Waals surface area contributed by atoms with Crippen LogP contribution >= 0.6 is 11.6 Å². The van der Waals surface area contributed by atoms with Gasteiger partial charge in [0.15, 0.2) is 5.96 Å². The molecule has 1 aliphatic rings. The molecule has 1 aliphatic heterocycles. The van der Waals surface area contributed by atoms with Gasteiger partial charge in [0.05, 0.1) is 13.7 Å². The van der Waals surface area contributed by atoms with Crippen molar-refractivity contribution in [2.24, 2.45) is 4.99 Å². The first-order chi connectivity index (χ1) is 14.6. The van der Waals surface area contributed by atoms with Crippen molar-refractivity contribution in [3.63, 3.8) is 0 Å². The van der Waals surface area contributed by atoms with Crippen LogP contribution in [0.2, 0.25) is 5.02 Å². The van der Waals surface area contributed by atoms with E-state index in [0.717, 1.165) is 60.6 Å². The SMILES string of the molecule is CCNC(=NCc1ccccc1OC)NCc1c(Cl)cccc1N1CCN(C)CC1. The number of para-hydroxylation sites is 1. The van der Waals surface area contributed by atoms with E-state index in [-0.39, 0.29) is 0 Å². The van der Waals surface area contributed by atoms with Crippen LogP contribution in [0.3, 0.4) is 0 Å². The number of anilines is 1. The van der Waals surface area contributed by atoms with Gasteiger partial charge in [0, 0.05) is 61.1 Å². The van der Waals surface area contributed by atoms with Gasteiger partial charge in [-0.1, -0.05) is 35.9 Å². The molecular weight excluding hydrogens is 398 g/mol. The highest BCUT2D eigenvalue weighted by molar-refractivity contribution is 6.31. The summed E-state index contributed by atoms with van der Waals surface area (Å²) >= 11 is 6.60. The van der Waals surface area contributed by atoms with E-state index in [2.05, 4.69) is 40.5 Å². The summed E-state index contributed by atoms with van der Waals surface area (Å²) in [5.74, 6) is 1.60. The molecule has 0 saturated carbocycles. The van der Waals surface area contributed by atoms with Crippen molar-refractivity contribution >= 4 is 23.2 Å². The predicted octanol–water partition coefficient (Wildman–Crippen LogP) is 3.36. The number of ether oxygens (including phenoxy) is 1. The number of methoxy groups -OCH3 is 1. The van der Waals surface area contributed by atoms with E-state index in [0.29, 0.717) is 13.1 Å². The molecule has 3 rings (SSSR count). The molecule has 2 N–H and O–H groups in total. The zero-order valence-corrected chi connectivity index (χ0v) is 18.9. The first-order valence-electron chi connectivity index (χ1n) is 10.5. The van der Waals surface area contributed by atoms with E-state index in [1.165, 1.54) is 5.69 Å². The van der Waals surface area contributed by atoms with Gasteiger partial charge in [-0.25, -0.2) is 4.99 Å². The third kappa shape index (κ3) is 5.80. The summed E-state index contributed by atoms with van der Waals surface area (Å²) in [6, 6.07) is 14.1. The first kappa shape index (κ1) is 22.2. The molecule has 1 heterocycles. The fourth-order valence-electron chi connectivity index (χ4n) is 3.58. The van der Waals surface area contributed by atoms with Crippen LogP contribution in [0.15, 0.2) is 47.5 Å². The lowest BCUT2D eigenvalue weighted by Crippen LogP contribution is -2.45. The Labute approximate surface area is 184 Å². The second-order valence-electron chi connectivity index (χ2n) is 7.39. The molecule has 30 heavy (non-hydrogen) atoms. The van der Waals surface area contributed by atoms with Crippen molar-refractivity contribution in [2.45, 2.75) is 20.0 Å². The van der Waals surface area contributed by atoms with Gasteiger partial charge < -0.3 is 25.2 Å². The Balaban J connectivity index is 1.73. The summed E-state index contributed by atoms with van der Waals surface area (Å²) < 4.78 is 5.44. The Morgan fingerprint density at radius 3 is 2.57 bits per heavy atom. The minimum Gasteiger partial charge on any atom is -0.496 e. The standard InChI is InChI=1S/C23H32ClN5O/c1-4-25-23(26-16-18-8-5-6-11-22(18)30-3)27-17-19-20(24)9-7-10-21(19)29-14-12-28(2)13-15-29/h5-11H,4,12-17H2,1-3H3,(H2,25,26,27). The normalized spacial score (nSPS) is 15.2. The Kier molecular flexibility index (Phi) is 8.22. The van der Waals surface area contributed by atoms with E-state index in [1.807, 2.05) is 36.4 Å². The molecule has 0 spiro atoms. The molecule has 7 heteroatoms. The average molecular weight is 430 g/mol. The molecule has 2 aromatic rings. The van der Waals surface area contributed by atoms with E-state index in [4.69, 9.17) is 21.3 Å². The number of hydrogen-bond donors (Lipinski definition) is 2. The van der Waals surface area contributed by atoms with E-state index in [1.54, 1.807) is 7.11 Å². The fraction of sp³-hybridized carbons (Fsp3) is 0.435. The molecule has 2 aromatic carbocycles. The third-order valence-corrected chi connectivity index (χ3v) is 5.67. The summed E-state index contributed by atoms with van der Waals surface area (Å²) in [5, 5.41) is 7.55. The zero-order valence-electron chi connectivity index (χ0n) is 18.1. The monoisotopic (exact) mass is 429 g/mol. The molecule has 162 valence electrons. The number of nitrogens with one attached hydrogen (secondary N) is 2. The first-order valence-corrected chi connectivity index (χ1v) is 10.8. The van der Waals surface area contributed by atoms with Gasteiger partial charge in [-0.15, -0.1) is 0 Å². The van der Waals surface area contributed by atoms with Gasteiger partial charge in [0.1, 0.15) is 5.75 Å². The highest BCUT2D eigenvalue weighted by Gasteiger charge is 2.18. The average Bonchev–Trinajstić information content (AvgIpc) is 2.77. The summed E-state index contributed by atoms with van der Waals surface area (Å²) in [5.41, 5.74) is 3.35. The Bertz CT molecular complexity index is 849. The van der Waals surface area contributed by atoms with Crippen LogP contribution in [0, 0.1) is 0 Å². The zero-order chi connectivity index (χ0) is 21.3. The number of rotatable bonds is 7. The fourth-order valence-corrected chi connectivity index (χ4v) is 3.81. The molecule has 0 atom stereocenters. The van der Waals surface area contributed by atoms with Gasteiger partial charge in [0.25, 0.3) is 0 Å². The molecule has 1 fully saturated rings. The minimum absolute atomic E-state index is 0.535.